The van der Waals surface area contributed by atoms with Crippen LogP contribution in [0.5, 0.6) is 0 Å². The van der Waals surface area contributed by atoms with Crippen molar-refractivity contribution in [1.29, 1.82) is 0 Å². The molecule has 29 heavy (non-hydrogen) atoms. The van der Waals surface area contributed by atoms with Crippen LogP contribution in [0.15, 0.2) is 29.2 Å². The standard InChI is InChI=1S/C20H19N5O2S2/c1-3-24-7-6-12-14(10-24)29-19-16(12)18(21-17(22-19)13-5-4-8-28-13)23-25-15(26)9-11(2)20(25)27/h4-5,8-9H,3,6-7,10H2,1-2H3,(H,21,22,23). The van der Waals surface area contributed by atoms with E-state index in [9.17, 15) is 9.59 Å². The lowest BCUT2D eigenvalue weighted by atomic mass is 10.1. The largest absolute Gasteiger partial charge is 0.298 e. The van der Waals surface area contributed by atoms with Gasteiger partial charge >= 0.3 is 0 Å². The number of nitrogens with zero attached hydrogens (tertiary/aromatic N) is 4. The molecular formula is C20H19N5O2S2. The fourth-order valence-corrected chi connectivity index (χ4v) is 5.63. The van der Waals surface area contributed by atoms with Gasteiger partial charge in [0, 0.05) is 29.6 Å². The number of carbonyl (C=O) groups is 2. The van der Waals surface area contributed by atoms with Crippen LogP contribution in [0, 0.1) is 0 Å². The molecule has 0 unspecified atom stereocenters. The maximum absolute atomic E-state index is 12.4. The van der Waals surface area contributed by atoms with Crippen LogP contribution in [-0.2, 0) is 22.6 Å². The lowest BCUT2D eigenvalue weighted by molar-refractivity contribution is -0.135. The van der Waals surface area contributed by atoms with Crippen molar-refractivity contribution in [2.45, 2.75) is 26.8 Å². The quantitative estimate of drug-likeness (QED) is 0.645. The summed E-state index contributed by atoms with van der Waals surface area (Å²) in [6, 6.07) is 3.93. The van der Waals surface area contributed by atoms with Crippen molar-refractivity contribution < 1.29 is 9.59 Å². The number of thiophene rings is 2. The van der Waals surface area contributed by atoms with E-state index in [1.54, 1.807) is 29.6 Å². The summed E-state index contributed by atoms with van der Waals surface area (Å²) in [6.45, 7) is 6.68. The zero-order valence-electron chi connectivity index (χ0n) is 16.1. The molecule has 3 aromatic heterocycles. The minimum atomic E-state index is -0.377. The van der Waals surface area contributed by atoms with E-state index in [1.807, 2.05) is 17.5 Å². The lowest BCUT2D eigenvalue weighted by Gasteiger charge is -2.25. The number of hydrazine groups is 1. The highest BCUT2D eigenvalue weighted by Gasteiger charge is 2.31. The highest BCUT2D eigenvalue weighted by molar-refractivity contribution is 7.19. The number of likely N-dealkylation sites (N-methyl/N-ethyl adjacent to an activating group) is 1. The van der Waals surface area contributed by atoms with Crippen LogP contribution < -0.4 is 5.43 Å². The number of carbonyl (C=O) groups excluding carboxylic acids is 2. The Labute approximate surface area is 175 Å². The third-order valence-corrected chi connectivity index (χ3v) is 7.26. The topological polar surface area (TPSA) is 78.4 Å². The van der Waals surface area contributed by atoms with Gasteiger partial charge in [0.25, 0.3) is 11.8 Å². The first-order valence-corrected chi connectivity index (χ1v) is 11.2. The second-order valence-corrected chi connectivity index (χ2v) is 9.13. The summed E-state index contributed by atoms with van der Waals surface area (Å²) in [4.78, 5) is 39.8. The number of imide groups is 1. The SMILES string of the molecule is CCN1CCc2c(sc3nc(-c4cccs4)nc(NN4C(=O)C=C(C)C4=O)c23)C1. The number of rotatable bonds is 4. The fourth-order valence-electron chi connectivity index (χ4n) is 3.71. The number of fused-ring (bicyclic) bond motifs is 3. The molecule has 1 N–H and O–H groups in total. The maximum Gasteiger partial charge on any atom is 0.275 e. The van der Waals surface area contributed by atoms with E-state index in [2.05, 4.69) is 17.2 Å². The maximum atomic E-state index is 12.4. The highest BCUT2D eigenvalue weighted by atomic mass is 32.1. The summed E-state index contributed by atoms with van der Waals surface area (Å²) in [5, 5.41) is 3.95. The van der Waals surface area contributed by atoms with Crippen LogP contribution in [0.2, 0.25) is 0 Å². The Morgan fingerprint density at radius 2 is 2.14 bits per heavy atom. The van der Waals surface area contributed by atoms with E-state index >= 15 is 0 Å². The summed E-state index contributed by atoms with van der Waals surface area (Å²) < 4.78 is 0. The molecule has 0 bridgehead atoms. The van der Waals surface area contributed by atoms with Gasteiger partial charge in [0.05, 0.1) is 10.3 Å². The molecule has 9 heteroatoms. The Bertz CT molecular complexity index is 1170. The smallest absolute Gasteiger partial charge is 0.275 e. The van der Waals surface area contributed by atoms with Crippen LogP contribution in [-0.4, -0.2) is 44.8 Å². The first-order valence-electron chi connectivity index (χ1n) is 9.47. The Morgan fingerprint density at radius 3 is 2.83 bits per heavy atom. The molecule has 2 aliphatic rings. The van der Waals surface area contributed by atoms with Crippen LogP contribution in [0.3, 0.4) is 0 Å². The van der Waals surface area contributed by atoms with Gasteiger partial charge in [-0.1, -0.05) is 13.0 Å². The van der Waals surface area contributed by atoms with Crippen molar-refractivity contribution in [3.05, 3.63) is 39.6 Å². The molecule has 5 heterocycles. The third-order valence-electron chi connectivity index (χ3n) is 5.29. The normalized spacial score (nSPS) is 17.2. The lowest BCUT2D eigenvalue weighted by Crippen LogP contribution is -2.36. The van der Waals surface area contributed by atoms with E-state index < -0.39 is 0 Å². The fraction of sp³-hybridized carbons (Fsp3) is 0.300. The Morgan fingerprint density at radius 1 is 1.28 bits per heavy atom. The number of anilines is 1. The number of hydrogen-bond donors (Lipinski definition) is 1. The van der Waals surface area contributed by atoms with Crippen molar-refractivity contribution in [3.63, 3.8) is 0 Å². The molecule has 2 aliphatic heterocycles. The molecule has 0 aliphatic carbocycles. The van der Waals surface area contributed by atoms with Crippen LogP contribution in [0.4, 0.5) is 5.82 Å². The van der Waals surface area contributed by atoms with Gasteiger partial charge in [-0.15, -0.1) is 22.7 Å². The second-order valence-electron chi connectivity index (χ2n) is 7.09. The summed E-state index contributed by atoms with van der Waals surface area (Å²) in [7, 11) is 0. The number of amides is 2. The van der Waals surface area contributed by atoms with Gasteiger partial charge in [-0.05, 0) is 36.9 Å². The predicted octanol–water partition coefficient (Wildman–Crippen LogP) is 3.44. The number of hydrogen-bond acceptors (Lipinski definition) is 8. The van der Waals surface area contributed by atoms with E-state index in [-0.39, 0.29) is 11.8 Å². The Kier molecular flexibility index (Phi) is 4.45. The molecule has 0 saturated carbocycles. The summed E-state index contributed by atoms with van der Waals surface area (Å²) in [5.41, 5.74) is 4.64. The van der Waals surface area contributed by atoms with Crippen molar-refractivity contribution in [2.24, 2.45) is 0 Å². The average Bonchev–Trinajstić information content (AvgIpc) is 3.42. The third kappa shape index (κ3) is 3.06. The molecule has 0 atom stereocenters. The zero-order valence-corrected chi connectivity index (χ0v) is 17.7. The van der Waals surface area contributed by atoms with Crippen molar-refractivity contribution in [2.75, 3.05) is 18.5 Å². The predicted molar refractivity (Wildman–Crippen MR) is 115 cm³/mol. The molecule has 0 radical (unpaired) electrons. The van der Waals surface area contributed by atoms with Gasteiger partial charge in [0.15, 0.2) is 11.6 Å². The second kappa shape index (κ2) is 7.01. The number of nitrogens with one attached hydrogen (secondary N) is 1. The average molecular weight is 426 g/mol. The Balaban J connectivity index is 1.65. The van der Waals surface area contributed by atoms with E-state index in [0.717, 1.165) is 46.2 Å². The van der Waals surface area contributed by atoms with Crippen molar-refractivity contribution in [1.82, 2.24) is 19.9 Å². The van der Waals surface area contributed by atoms with E-state index in [0.29, 0.717) is 17.2 Å². The molecule has 5 rings (SSSR count). The zero-order chi connectivity index (χ0) is 20.1. The molecule has 0 saturated heterocycles. The molecule has 2 amide bonds. The molecule has 3 aromatic rings. The van der Waals surface area contributed by atoms with Crippen LogP contribution in [0.25, 0.3) is 20.9 Å². The molecule has 7 nitrogen and oxygen atoms in total. The molecule has 0 fully saturated rings. The summed E-state index contributed by atoms with van der Waals surface area (Å²) in [6.07, 6.45) is 2.24. The van der Waals surface area contributed by atoms with Gasteiger partial charge in [0.2, 0.25) is 0 Å². The van der Waals surface area contributed by atoms with E-state index in [4.69, 9.17) is 9.97 Å². The van der Waals surface area contributed by atoms with Gasteiger partial charge in [-0.2, -0.15) is 5.01 Å². The molecular weight excluding hydrogens is 406 g/mol. The first-order chi connectivity index (χ1) is 14.0. The van der Waals surface area contributed by atoms with Crippen molar-refractivity contribution >= 4 is 50.5 Å². The van der Waals surface area contributed by atoms with Crippen LogP contribution in [0.1, 0.15) is 24.3 Å². The highest BCUT2D eigenvalue weighted by Crippen LogP contribution is 2.39. The van der Waals surface area contributed by atoms with Gasteiger partial charge < -0.3 is 0 Å². The van der Waals surface area contributed by atoms with Crippen LogP contribution >= 0.6 is 22.7 Å². The monoisotopic (exact) mass is 425 g/mol. The minimum Gasteiger partial charge on any atom is -0.298 e. The van der Waals surface area contributed by atoms with Gasteiger partial charge in [0.1, 0.15) is 4.83 Å². The molecule has 148 valence electrons. The summed E-state index contributed by atoms with van der Waals surface area (Å²) in [5.74, 6) is 0.397. The molecule has 0 spiro atoms. The van der Waals surface area contributed by atoms with E-state index in [1.165, 1.54) is 16.5 Å². The van der Waals surface area contributed by atoms with Gasteiger partial charge in [-0.3, -0.25) is 19.9 Å². The number of aromatic nitrogens is 2. The minimum absolute atomic E-state index is 0.347. The summed E-state index contributed by atoms with van der Waals surface area (Å²) >= 11 is 3.24. The van der Waals surface area contributed by atoms with Crippen molar-refractivity contribution in [3.8, 4) is 10.7 Å². The molecule has 0 aromatic carbocycles. The first kappa shape index (κ1) is 18.4. The van der Waals surface area contributed by atoms with Gasteiger partial charge in [-0.25, -0.2) is 9.97 Å². The Hall–Kier alpha value is -2.62.